The number of hydrogen-bond acceptors (Lipinski definition) is 4. The zero-order chi connectivity index (χ0) is 18.0. The molecule has 1 aliphatic carbocycles. The fourth-order valence-electron chi connectivity index (χ4n) is 3.71. The van der Waals surface area contributed by atoms with Gasteiger partial charge in [0.2, 0.25) is 15.9 Å². The van der Waals surface area contributed by atoms with Gasteiger partial charge in [-0.05, 0) is 61.8 Å². The molecule has 7 heteroatoms. The maximum atomic E-state index is 12.7. The first-order valence-electron chi connectivity index (χ1n) is 9.00. The highest BCUT2D eigenvalue weighted by molar-refractivity contribution is 7.89. The number of nitrogens with zero attached hydrogens (tertiary/aromatic N) is 1. The third kappa shape index (κ3) is 4.40. The van der Waals surface area contributed by atoms with Crippen molar-refractivity contribution in [1.82, 2.24) is 9.62 Å². The lowest BCUT2D eigenvalue weighted by Crippen LogP contribution is -2.40. The van der Waals surface area contributed by atoms with Crippen molar-refractivity contribution in [3.8, 4) is 0 Å². The van der Waals surface area contributed by atoms with E-state index in [9.17, 15) is 13.2 Å². The van der Waals surface area contributed by atoms with Crippen LogP contribution in [0, 0.1) is 0 Å². The number of amides is 1. The lowest BCUT2D eigenvalue weighted by Gasteiger charge is -2.26. The molecule has 1 amide bonds. The van der Waals surface area contributed by atoms with Gasteiger partial charge in [-0.2, -0.15) is 0 Å². The summed E-state index contributed by atoms with van der Waals surface area (Å²) in [5.74, 6) is 0.0674. The standard InChI is InChI=1S/C18H27N3O3S/c1-13(22)21-10-8-14-2-7-18(12-15(14)9-11-21)25(23,24)20-17-5-3-16(19)4-6-17/h2,7,12,16-17,20H,3-6,8-11,19H2,1H3. The minimum absolute atomic E-state index is 0.0307. The number of benzene rings is 1. The summed E-state index contributed by atoms with van der Waals surface area (Å²) in [7, 11) is -3.52. The Morgan fingerprint density at radius 3 is 2.40 bits per heavy atom. The van der Waals surface area contributed by atoms with E-state index in [1.807, 2.05) is 11.0 Å². The molecule has 6 nitrogen and oxygen atoms in total. The van der Waals surface area contributed by atoms with E-state index >= 15 is 0 Å². The summed E-state index contributed by atoms with van der Waals surface area (Å²) in [6.07, 6.45) is 4.76. The molecular weight excluding hydrogens is 338 g/mol. The van der Waals surface area contributed by atoms with E-state index < -0.39 is 10.0 Å². The molecular formula is C18H27N3O3S. The summed E-state index contributed by atoms with van der Waals surface area (Å²) in [6, 6.07) is 5.51. The largest absolute Gasteiger partial charge is 0.342 e. The van der Waals surface area contributed by atoms with Gasteiger partial charge in [-0.3, -0.25) is 4.79 Å². The summed E-state index contributed by atoms with van der Waals surface area (Å²) in [5, 5.41) is 0. The normalized spacial score (nSPS) is 24.5. The Morgan fingerprint density at radius 1 is 1.12 bits per heavy atom. The predicted octanol–water partition coefficient (Wildman–Crippen LogP) is 1.18. The quantitative estimate of drug-likeness (QED) is 0.841. The van der Waals surface area contributed by atoms with Gasteiger partial charge in [0.15, 0.2) is 0 Å². The number of sulfonamides is 1. The number of rotatable bonds is 3. The van der Waals surface area contributed by atoms with Crippen LogP contribution in [0.4, 0.5) is 0 Å². The first-order valence-corrected chi connectivity index (χ1v) is 10.5. The molecule has 0 saturated heterocycles. The third-order valence-corrected chi connectivity index (χ3v) is 6.85. The molecule has 3 rings (SSSR count). The lowest BCUT2D eigenvalue weighted by atomic mass is 9.93. The van der Waals surface area contributed by atoms with Gasteiger partial charge in [0, 0.05) is 32.1 Å². The Hall–Kier alpha value is -1.44. The number of carbonyl (C=O) groups is 1. The molecule has 0 spiro atoms. The summed E-state index contributed by atoms with van der Waals surface area (Å²) < 4.78 is 28.3. The molecule has 1 heterocycles. The van der Waals surface area contributed by atoms with E-state index in [-0.39, 0.29) is 18.0 Å². The van der Waals surface area contributed by atoms with E-state index in [1.54, 1.807) is 19.1 Å². The van der Waals surface area contributed by atoms with Gasteiger partial charge in [-0.25, -0.2) is 13.1 Å². The predicted molar refractivity (Wildman–Crippen MR) is 96.7 cm³/mol. The molecule has 1 aliphatic heterocycles. The van der Waals surface area contributed by atoms with Crippen molar-refractivity contribution in [3.63, 3.8) is 0 Å². The number of fused-ring (bicyclic) bond motifs is 1. The van der Waals surface area contributed by atoms with Crippen molar-refractivity contribution in [3.05, 3.63) is 29.3 Å². The molecule has 1 aromatic rings. The molecule has 1 saturated carbocycles. The topological polar surface area (TPSA) is 92.5 Å². The second-order valence-corrected chi connectivity index (χ2v) is 8.88. The second-order valence-electron chi connectivity index (χ2n) is 7.17. The van der Waals surface area contributed by atoms with Crippen LogP contribution in [0.1, 0.15) is 43.7 Å². The molecule has 25 heavy (non-hydrogen) atoms. The minimum Gasteiger partial charge on any atom is -0.342 e. The third-order valence-electron chi connectivity index (χ3n) is 5.33. The second kappa shape index (κ2) is 7.43. The van der Waals surface area contributed by atoms with Crippen LogP contribution >= 0.6 is 0 Å². The van der Waals surface area contributed by atoms with Crippen molar-refractivity contribution in [1.29, 1.82) is 0 Å². The zero-order valence-corrected chi connectivity index (χ0v) is 15.5. The summed E-state index contributed by atoms with van der Waals surface area (Å²) in [4.78, 5) is 13.7. The van der Waals surface area contributed by atoms with Crippen LogP contribution in [0.2, 0.25) is 0 Å². The van der Waals surface area contributed by atoms with Gasteiger partial charge in [0.05, 0.1) is 4.90 Å². The Morgan fingerprint density at radius 2 is 1.76 bits per heavy atom. The molecule has 0 radical (unpaired) electrons. The van der Waals surface area contributed by atoms with E-state index in [1.165, 1.54) is 0 Å². The summed E-state index contributed by atoms with van der Waals surface area (Å²) in [6.45, 7) is 2.90. The van der Waals surface area contributed by atoms with Crippen molar-refractivity contribution in [2.75, 3.05) is 13.1 Å². The molecule has 1 aromatic carbocycles. The molecule has 138 valence electrons. The first kappa shape index (κ1) is 18.4. The highest BCUT2D eigenvalue weighted by atomic mass is 32.2. The molecule has 2 aliphatic rings. The SMILES string of the molecule is CC(=O)N1CCc2ccc(S(=O)(=O)NC3CCC(N)CC3)cc2CC1. The van der Waals surface area contributed by atoms with E-state index in [4.69, 9.17) is 5.73 Å². The molecule has 0 bridgehead atoms. The van der Waals surface area contributed by atoms with Gasteiger partial charge in [-0.1, -0.05) is 6.07 Å². The number of nitrogens with one attached hydrogen (secondary N) is 1. The van der Waals surface area contributed by atoms with Crippen molar-refractivity contribution < 1.29 is 13.2 Å². The van der Waals surface area contributed by atoms with Gasteiger partial charge >= 0.3 is 0 Å². The van der Waals surface area contributed by atoms with Crippen LogP contribution in [-0.4, -0.2) is 44.4 Å². The van der Waals surface area contributed by atoms with Crippen LogP contribution in [0.15, 0.2) is 23.1 Å². The maximum absolute atomic E-state index is 12.7. The Bertz CT molecular complexity index is 740. The monoisotopic (exact) mass is 365 g/mol. The smallest absolute Gasteiger partial charge is 0.240 e. The van der Waals surface area contributed by atoms with Crippen LogP contribution in [0.5, 0.6) is 0 Å². The zero-order valence-electron chi connectivity index (χ0n) is 14.7. The molecule has 0 unspecified atom stereocenters. The van der Waals surface area contributed by atoms with Gasteiger partial charge in [-0.15, -0.1) is 0 Å². The van der Waals surface area contributed by atoms with Crippen LogP contribution in [0.3, 0.4) is 0 Å². The van der Waals surface area contributed by atoms with Crippen molar-refractivity contribution in [2.24, 2.45) is 5.73 Å². The Labute approximate surface area is 149 Å². The van der Waals surface area contributed by atoms with E-state index in [0.717, 1.165) is 43.2 Å². The first-order chi connectivity index (χ1) is 11.8. The van der Waals surface area contributed by atoms with Crippen molar-refractivity contribution >= 4 is 15.9 Å². The Balaban J connectivity index is 1.74. The van der Waals surface area contributed by atoms with Gasteiger partial charge in [0.1, 0.15) is 0 Å². The number of hydrogen-bond donors (Lipinski definition) is 2. The van der Waals surface area contributed by atoms with Gasteiger partial charge < -0.3 is 10.6 Å². The van der Waals surface area contributed by atoms with Crippen LogP contribution < -0.4 is 10.5 Å². The Kier molecular flexibility index (Phi) is 5.46. The minimum atomic E-state index is -3.52. The average molecular weight is 365 g/mol. The number of nitrogens with two attached hydrogens (primary N) is 1. The van der Waals surface area contributed by atoms with Crippen LogP contribution in [0.25, 0.3) is 0 Å². The highest BCUT2D eigenvalue weighted by Gasteiger charge is 2.25. The van der Waals surface area contributed by atoms with Crippen molar-refractivity contribution in [2.45, 2.75) is 62.4 Å². The number of carbonyl (C=O) groups excluding carboxylic acids is 1. The summed E-state index contributed by atoms with van der Waals surface area (Å²) in [5.41, 5.74) is 8.05. The summed E-state index contributed by atoms with van der Waals surface area (Å²) >= 11 is 0. The molecule has 3 N–H and O–H groups in total. The highest BCUT2D eigenvalue weighted by Crippen LogP contribution is 2.23. The fourth-order valence-corrected chi connectivity index (χ4v) is 5.06. The van der Waals surface area contributed by atoms with E-state index in [0.29, 0.717) is 24.4 Å². The van der Waals surface area contributed by atoms with Gasteiger partial charge in [0.25, 0.3) is 0 Å². The maximum Gasteiger partial charge on any atom is 0.240 e. The molecule has 0 aromatic heterocycles. The molecule has 0 atom stereocenters. The fraction of sp³-hybridized carbons (Fsp3) is 0.611. The lowest BCUT2D eigenvalue weighted by molar-refractivity contribution is -0.128. The molecule has 1 fully saturated rings. The van der Waals surface area contributed by atoms with E-state index in [2.05, 4.69) is 4.72 Å². The average Bonchev–Trinajstić information content (AvgIpc) is 2.79. The van der Waals surface area contributed by atoms with Crippen LogP contribution in [-0.2, 0) is 27.7 Å².